The molecule has 2 heterocycles. The SMILES string of the molecule is CC1CC2Oc3ccc(Cl)cc3C(=O)N2O1.Nc1ccc(O)c(C(=O)O)c1. The average Bonchev–Trinajstić information content (AvgIpc) is 2.99. The van der Waals surface area contributed by atoms with E-state index in [2.05, 4.69) is 0 Å². The number of ether oxygens (including phenoxy) is 1. The summed E-state index contributed by atoms with van der Waals surface area (Å²) in [5, 5.41) is 19.3. The Morgan fingerprint density at radius 3 is 2.70 bits per heavy atom. The van der Waals surface area contributed by atoms with Crippen LogP contribution in [-0.4, -0.2) is 39.5 Å². The van der Waals surface area contributed by atoms with Crippen LogP contribution in [0.3, 0.4) is 0 Å². The van der Waals surface area contributed by atoms with E-state index in [0.29, 0.717) is 28.4 Å². The van der Waals surface area contributed by atoms with Crippen LogP contribution >= 0.6 is 11.6 Å². The summed E-state index contributed by atoms with van der Waals surface area (Å²) < 4.78 is 5.67. The number of fused-ring (bicyclic) bond motifs is 2. The highest BCUT2D eigenvalue weighted by Gasteiger charge is 2.41. The van der Waals surface area contributed by atoms with E-state index in [-0.39, 0.29) is 29.6 Å². The molecule has 0 radical (unpaired) electrons. The number of anilines is 1. The van der Waals surface area contributed by atoms with Crippen molar-refractivity contribution < 1.29 is 29.4 Å². The molecule has 0 aromatic heterocycles. The fourth-order valence-electron chi connectivity index (χ4n) is 2.72. The standard InChI is InChI=1S/C11H10ClNO3.C7H7NO3/c1-6-4-10-13(16-6)11(14)8-5-7(12)2-3-9(8)15-10;8-4-1-2-6(9)5(3-4)7(10)11/h2-3,5-6,10H,4H2,1H3;1-3,9H,8H2,(H,10,11). The number of rotatable bonds is 1. The maximum atomic E-state index is 12.1. The number of nitrogens with two attached hydrogens (primary N) is 1. The Morgan fingerprint density at radius 1 is 1.30 bits per heavy atom. The maximum absolute atomic E-state index is 12.1. The first kappa shape index (κ1) is 18.8. The largest absolute Gasteiger partial charge is 0.507 e. The second kappa shape index (κ2) is 7.34. The number of hydroxylamine groups is 2. The molecule has 2 unspecified atom stereocenters. The monoisotopic (exact) mass is 392 g/mol. The van der Waals surface area contributed by atoms with Gasteiger partial charge in [0, 0.05) is 17.1 Å². The highest BCUT2D eigenvalue weighted by atomic mass is 35.5. The molecule has 142 valence electrons. The molecule has 8 nitrogen and oxygen atoms in total. The fourth-order valence-corrected chi connectivity index (χ4v) is 2.89. The van der Waals surface area contributed by atoms with Gasteiger partial charge in [0.15, 0.2) is 0 Å². The number of aromatic carboxylic acids is 1. The second-order valence-corrected chi connectivity index (χ2v) is 6.51. The van der Waals surface area contributed by atoms with E-state index in [0.717, 1.165) is 0 Å². The lowest BCUT2D eigenvalue weighted by Crippen LogP contribution is -2.42. The van der Waals surface area contributed by atoms with Gasteiger partial charge in [-0.25, -0.2) is 4.79 Å². The number of carboxylic acids is 1. The summed E-state index contributed by atoms with van der Waals surface area (Å²) in [6.45, 7) is 1.91. The predicted molar refractivity (Wildman–Crippen MR) is 96.7 cm³/mol. The van der Waals surface area contributed by atoms with E-state index >= 15 is 0 Å². The molecular formula is C18H17ClN2O6. The van der Waals surface area contributed by atoms with Crippen LogP contribution in [0.2, 0.25) is 5.02 Å². The second-order valence-electron chi connectivity index (χ2n) is 6.08. The summed E-state index contributed by atoms with van der Waals surface area (Å²) >= 11 is 5.85. The van der Waals surface area contributed by atoms with Crippen LogP contribution in [0.25, 0.3) is 0 Å². The molecule has 2 aromatic carbocycles. The molecule has 2 aromatic rings. The van der Waals surface area contributed by atoms with Gasteiger partial charge in [0.2, 0.25) is 6.23 Å². The number of benzene rings is 2. The highest BCUT2D eigenvalue weighted by Crippen LogP contribution is 2.35. The summed E-state index contributed by atoms with van der Waals surface area (Å²) in [4.78, 5) is 27.8. The van der Waals surface area contributed by atoms with Gasteiger partial charge in [-0.15, -0.1) is 0 Å². The minimum absolute atomic E-state index is 0.00117. The quantitative estimate of drug-likeness (QED) is 0.503. The molecule has 27 heavy (non-hydrogen) atoms. The first-order chi connectivity index (χ1) is 12.8. The summed E-state index contributed by atoms with van der Waals surface area (Å²) in [7, 11) is 0. The van der Waals surface area contributed by atoms with Gasteiger partial charge in [0.1, 0.15) is 17.1 Å². The van der Waals surface area contributed by atoms with Crippen LogP contribution in [0, 0.1) is 0 Å². The van der Waals surface area contributed by atoms with Crippen LogP contribution in [0.5, 0.6) is 11.5 Å². The van der Waals surface area contributed by atoms with Gasteiger partial charge < -0.3 is 20.7 Å². The van der Waals surface area contributed by atoms with Crippen LogP contribution < -0.4 is 10.5 Å². The minimum Gasteiger partial charge on any atom is -0.507 e. The van der Waals surface area contributed by atoms with E-state index in [1.54, 1.807) is 18.2 Å². The number of halogens is 1. The van der Waals surface area contributed by atoms with Crippen LogP contribution in [0.15, 0.2) is 36.4 Å². The topological polar surface area (TPSA) is 122 Å². The molecule has 1 fully saturated rings. The van der Waals surface area contributed by atoms with Gasteiger partial charge in [-0.1, -0.05) is 11.6 Å². The fraction of sp³-hybridized carbons (Fsp3) is 0.222. The Balaban J connectivity index is 0.000000168. The Labute approximate surface area is 159 Å². The van der Waals surface area contributed by atoms with Crippen LogP contribution in [0.4, 0.5) is 5.69 Å². The number of carboxylic acid groups (broad SMARTS) is 1. The number of hydrogen-bond acceptors (Lipinski definition) is 6. The lowest BCUT2D eigenvalue weighted by atomic mass is 10.1. The lowest BCUT2D eigenvalue weighted by Gasteiger charge is -2.29. The third kappa shape index (κ3) is 3.91. The van der Waals surface area contributed by atoms with Gasteiger partial charge in [-0.2, -0.15) is 5.06 Å². The van der Waals surface area contributed by atoms with Crippen molar-refractivity contribution in [2.75, 3.05) is 5.73 Å². The molecular weight excluding hydrogens is 376 g/mol. The van der Waals surface area contributed by atoms with Crippen molar-refractivity contribution in [2.24, 2.45) is 0 Å². The third-order valence-corrected chi connectivity index (χ3v) is 4.21. The Hall–Kier alpha value is -2.97. The summed E-state index contributed by atoms with van der Waals surface area (Å²) in [6.07, 6.45) is 0.378. The van der Waals surface area contributed by atoms with Gasteiger partial charge in [0.25, 0.3) is 5.91 Å². The molecule has 9 heteroatoms. The molecule has 1 amide bonds. The van der Waals surface area contributed by atoms with E-state index in [1.165, 1.54) is 23.3 Å². The van der Waals surface area contributed by atoms with Crippen molar-refractivity contribution in [1.82, 2.24) is 5.06 Å². The molecule has 0 bridgehead atoms. The molecule has 2 aliphatic rings. The zero-order valence-corrected chi connectivity index (χ0v) is 15.0. The lowest BCUT2D eigenvalue weighted by molar-refractivity contribution is -0.158. The molecule has 4 N–H and O–H groups in total. The number of hydrogen-bond donors (Lipinski definition) is 3. The van der Waals surface area contributed by atoms with E-state index in [4.69, 9.17) is 37.1 Å². The first-order valence-corrected chi connectivity index (χ1v) is 8.42. The molecule has 4 rings (SSSR count). The van der Waals surface area contributed by atoms with Crippen molar-refractivity contribution >= 4 is 29.2 Å². The zero-order chi connectivity index (χ0) is 19.7. The van der Waals surface area contributed by atoms with Crippen molar-refractivity contribution in [1.29, 1.82) is 0 Å². The first-order valence-electron chi connectivity index (χ1n) is 8.04. The predicted octanol–water partition coefficient (Wildman–Crippen LogP) is 2.90. The van der Waals surface area contributed by atoms with Crippen LogP contribution in [0.1, 0.15) is 34.1 Å². The highest BCUT2D eigenvalue weighted by molar-refractivity contribution is 6.31. The molecule has 0 spiro atoms. The summed E-state index contributed by atoms with van der Waals surface area (Å²) in [5.41, 5.74) is 5.89. The Kier molecular flexibility index (Phi) is 5.11. The average molecular weight is 393 g/mol. The van der Waals surface area contributed by atoms with Gasteiger partial charge in [-0.05, 0) is 43.3 Å². The molecule has 2 aliphatic heterocycles. The van der Waals surface area contributed by atoms with Gasteiger partial charge in [-0.3, -0.25) is 9.63 Å². The molecule has 0 saturated carbocycles. The minimum atomic E-state index is -1.19. The summed E-state index contributed by atoms with van der Waals surface area (Å²) in [6, 6.07) is 8.92. The van der Waals surface area contributed by atoms with Gasteiger partial charge in [0.05, 0.1) is 11.7 Å². The molecule has 1 saturated heterocycles. The number of nitrogens with zero attached hydrogens (tertiary/aromatic N) is 1. The van der Waals surface area contributed by atoms with Crippen LogP contribution in [-0.2, 0) is 4.84 Å². The number of aromatic hydroxyl groups is 1. The number of amides is 1. The maximum Gasteiger partial charge on any atom is 0.339 e. The van der Waals surface area contributed by atoms with Gasteiger partial charge >= 0.3 is 5.97 Å². The Morgan fingerprint density at radius 2 is 2.04 bits per heavy atom. The number of nitrogen functional groups attached to an aromatic ring is 1. The number of carbonyl (C=O) groups is 2. The van der Waals surface area contributed by atoms with E-state index in [1.807, 2.05) is 6.92 Å². The smallest absolute Gasteiger partial charge is 0.339 e. The van der Waals surface area contributed by atoms with E-state index < -0.39 is 5.97 Å². The van der Waals surface area contributed by atoms with Crippen molar-refractivity contribution in [2.45, 2.75) is 25.7 Å². The Bertz CT molecular complexity index is 903. The third-order valence-electron chi connectivity index (χ3n) is 3.97. The van der Waals surface area contributed by atoms with Crippen molar-refractivity contribution in [3.63, 3.8) is 0 Å². The number of carbonyl (C=O) groups excluding carboxylic acids is 1. The molecule has 0 aliphatic carbocycles. The summed E-state index contributed by atoms with van der Waals surface area (Å²) in [5.74, 6) is -1.06. The molecule has 2 atom stereocenters. The van der Waals surface area contributed by atoms with Crippen molar-refractivity contribution in [3.05, 3.63) is 52.5 Å². The van der Waals surface area contributed by atoms with E-state index in [9.17, 15) is 9.59 Å². The van der Waals surface area contributed by atoms with Crippen molar-refractivity contribution in [3.8, 4) is 11.5 Å². The zero-order valence-electron chi connectivity index (χ0n) is 14.3. The normalized spacial score (nSPS) is 20.1. The number of phenols is 1.